The normalized spacial score (nSPS) is 23.5. The van der Waals surface area contributed by atoms with Gasteiger partial charge in [0.1, 0.15) is 6.04 Å². The van der Waals surface area contributed by atoms with Gasteiger partial charge in [0.05, 0.1) is 17.7 Å². The van der Waals surface area contributed by atoms with E-state index >= 15 is 0 Å². The van der Waals surface area contributed by atoms with Crippen LogP contribution in [0.5, 0.6) is 0 Å². The zero-order valence-corrected chi connectivity index (χ0v) is 15.6. The molecule has 1 saturated heterocycles. The fraction of sp³-hybridized carbons (Fsp3) is 0.300. The van der Waals surface area contributed by atoms with Crippen LogP contribution in [0.4, 0.5) is 0 Å². The van der Waals surface area contributed by atoms with Crippen LogP contribution in [-0.4, -0.2) is 50.2 Å². The maximum absolute atomic E-state index is 12.6. The molecule has 0 amide bonds. The summed E-state index contributed by atoms with van der Waals surface area (Å²) in [4.78, 5) is 27.9. The fourth-order valence-electron chi connectivity index (χ4n) is 2.92. The first-order valence-corrected chi connectivity index (χ1v) is 8.84. The molecule has 0 saturated carbocycles. The van der Waals surface area contributed by atoms with E-state index in [2.05, 4.69) is 10.0 Å². The number of benzene rings is 2. The number of hydrogen-bond donors (Lipinski definition) is 0. The lowest BCUT2D eigenvalue weighted by atomic mass is 10.0. The minimum atomic E-state index is -1.13. The van der Waals surface area contributed by atoms with Crippen molar-refractivity contribution in [1.82, 2.24) is 0 Å². The summed E-state index contributed by atoms with van der Waals surface area (Å²) < 4.78 is 21.9. The lowest BCUT2D eigenvalue weighted by Gasteiger charge is -2.39. The molecule has 0 unspecified atom stereocenters. The van der Waals surface area contributed by atoms with Gasteiger partial charge in [0.25, 0.3) is 0 Å². The summed E-state index contributed by atoms with van der Waals surface area (Å²) >= 11 is 0. The summed E-state index contributed by atoms with van der Waals surface area (Å²) in [5.41, 5.74) is 9.49. The van der Waals surface area contributed by atoms with Crippen LogP contribution in [0.25, 0.3) is 10.4 Å². The monoisotopic (exact) mass is 397 g/mol. The third-order valence-corrected chi connectivity index (χ3v) is 4.34. The Morgan fingerprint density at radius 3 is 1.97 bits per heavy atom. The van der Waals surface area contributed by atoms with Crippen molar-refractivity contribution in [3.8, 4) is 0 Å². The van der Waals surface area contributed by atoms with Gasteiger partial charge in [0, 0.05) is 12.0 Å². The summed E-state index contributed by atoms with van der Waals surface area (Å²) in [5, 5.41) is 3.64. The van der Waals surface area contributed by atoms with Crippen LogP contribution in [0.1, 0.15) is 20.7 Å². The molecule has 9 nitrogen and oxygen atoms in total. The average Bonchev–Trinajstić information content (AvgIpc) is 2.77. The number of hydrogen-bond acceptors (Lipinski definition) is 7. The van der Waals surface area contributed by atoms with Crippen LogP contribution in [0.2, 0.25) is 0 Å². The fourth-order valence-corrected chi connectivity index (χ4v) is 2.92. The Labute approximate surface area is 166 Å². The number of methoxy groups -OCH3 is 1. The topological polar surface area (TPSA) is 120 Å². The van der Waals surface area contributed by atoms with Gasteiger partial charge in [-0.2, -0.15) is 0 Å². The molecule has 0 radical (unpaired) electrons. The second-order valence-electron chi connectivity index (χ2n) is 6.18. The molecule has 9 heteroatoms. The molecular formula is C20H19N3O6. The van der Waals surface area contributed by atoms with E-state index < -0.39 is 36.5 Å². The first-order valence-electron chi connectivity index (χ1n) is 8.84. The molecular weight excluding hydrogens is 378 g/mol. The summed E-state index contributed by atoms with van der Waals surface area (Å²) in [6, 6.07) is 15.7. The quantitative estimate of drug-likeness (QED) is 0.320. The first-order chi connectivity index (χ1) is 14.1. The lowest BCUT2D eigenvalue weighted by molar-refractivity contribution is -0.237. The SMILES string of the molecule is CO[C@@H]1OC[C@@H](N=[N+]=[N-])[C@@H](OC(=O)c2ccccc2)[C@H]1OC(=O)c1ccccc1. The van der Waals surface area contributed by atoms with E-state index in [-0.39, 0.29) is 6.61 Å². The number of nitrogens with zero attached hydrogens (tertiary/aromatic N) is 3. The van der Waals surface area contributed by atoms with Crippen molar-refractivity contribution in [3.63, 3.8) is 0 Å². The number of ether oxygens (including phenoxy) is 4. The van der Waals surface area contributed by atoms with E-state index in [1.165, 1.54) is 7.11 Å². The summed E-state index contributed by atoms with van der Waals surface area (Å²) in [6.45, 7) is -0.0608. The van der Waals surface area contributed by atoms with Gasteiger partial charge in [-0.15, -0.1) is 0 Å². The highest BCUT2D eigenvalue weighted by atomic mass is 16.7. The van der Waals surface area contributed by atoms with Crippen molar-refractivity contribution in [3.05, 3.63) is 82.2 Å². The summed E-state index contributed by atoms with van der Waals surface area (Å²) in [6.07, 6.45) is -3.23. The molecule has 1 heterocycles. The molecule has 0 aliphatic carbocycles. The van der Waals surface area contributed by atoms with Crippen LogP contribution in [0.15, 0.2) is 65.8 Å². The van der Waals surface area contributed by atoms with Crippen LogP contribution in [0, 0.1) is 0 Å². The van der Waals surface area contributed by atoms with Gasteiger partial charge in [-0.05, 0) is 29.8 Å². The van der Waals surface area contributed by atoms with Crippen LogP contribution in [-0.2, 0) is 18.9 Å². The highest BCUT2D eigenvalue weighted by Gasteiger charge is 2.46. The van der Waals surface area contributed by atoms with Gasteiger partial charge in [-0.1, -0.05) is 41.5 Å². The van der Waals surface area contributed by atoms with E-state index in [4.69, 9.17) is 24.5 Å². The Balaban J connectivity index is 1.87. The molecule has 0 aromatic heterocycles. The van der Waals surface area contributed by atoms with Crippen molar-refractivity contribution >= 4 is 11.9 Å². The van der Waals surface area contributed by atoms with Crippen LogP contribution < -0.4 is 0 Å². The Bertz CT molecular complexity index is 886. The average molecular weight is 397 g/mol. The maximum atomic E-state index is 12.6. The smallest absolute Gasteiger partial charge is 0.338 e. The highest BCUT2D eigenvalue weighted by Crippen LogP contribution is 2.26. The lowest BCUT2D eigenvalue weighted by Crippen LogP contribution is -2.56. The van der Waals surface area contributed by atoms with E-state index in [1.54, 1.807) is 60.7 Å². The largest absolute Gasteiger partial charge is 0.454 e. The van der Waals surface area contributed by atoms with Crippen molar-refractivity contribution < 1.29 is 28.5 Å². The zero-order chi connectivity index (χ0) is 20.6. The Morgan fingerprint density at radius 1 is 0.966 bits per heavy atom. The van der Waals surface area contributed by atoms with Gasteiger partial charge in [-0.3, -0.25) is 0 Å². The van der Waals surface area contributed by atoms with Gasteiger partial charge >= 0.3 is 11.9 Å². The number of azide groups is 1. The molecule has 0 spiro atoms. The zero-order valence-electron chi connectivity index (χ0n) is 15.6. The maximum Gasteiger partial charge on any atom is 0.338 e. The molecule has 1 aliphatic rings. The predicted octanol–water partition coefficient (Wildman–Crippen LogP) is 3.12. The number of rotatable bonds is 6. The Morgan fingerprint density at radius 2 is 1.48 bits per heavy atom. The number of esters is 2. The molecule has 29 heavy (non-hydrogen) atoms. The van der Waals surface area contributed by atoms with Gasteiger partial charge < -0.3 is 18.9 Å². The molecule has 1 fully saturated rings. The first kappa shape index (κ1) is 20.3. The van der Waals surface area contributed by atoms with Crippen LogP contribution in [0.3, 0.4) is 0 Å². The van der Waals surface area contributed by atoms with Crippen molar-refractivity contribution in [2.75, 3.05) is 13.7 Å². The predicted molar refractivity (Wildman–Crippen MR) is 101 cm³/mol. The summed E-state index contributed by atoms with van der Waals surface area (Å²) in [7, 11) is 1.37. The van der Waals surface area contributed by atoms with Crippen molar-refractivity contribution in [2.24, 2.45) is 5.11 Å². The van der Waals surface area contributed by atoms with E-state index in [0.29, 0.717) is 11.1 Å². The van der Waals surface area contributed by atoms with Crippen molar-refractivity contribution in [2.45, 2.75) is 24.5 Å². The van der Waals surface area contributed by atoms with Gasteiger partial charge in [0.15, 0.2) is 18.5 Å². The molecule has 2 aromatic rings. The number of carbonyl (C=O) groups excluding carboxylic acids is 2. The van der Waals surface area contributed by atoms with E-state index in [9.17, 15) is 9.59 Å². The minimum absolute atomic E-state index is 0.0608. The van der Waals surface area contributed by atoms with Crippen molar-refractivity contribution in [1.29, 1.82) is 0 Å². The molecule has 0 N–H and O–H groups in total. The van der Waals surface area contributed by atoms with E-state index in [1.807, 2.05) is 0 Å². The minimum Gasteiger partial charge on any atom is -0.454 e. The third kappa shape index (κ3) is 4.91. The second-order valence-corrected chi connectivity index (χ2v) is 6.18. The number of carbonyl (C=O) groups is 2. The van der Waals surface area contributed by atoms with Gasteiger partial charge in [0.2, 0.25) is 0 Å². The van der Waals surface area contributed by atoms with E-state index in [0.717, 1.165) is 0 Å². The van der Waals surface area contributed by atoms with Crippen LogP contribution >= 0.6 is 0 Å². The highest BCUT2D eigenvalue weighted by molar-refractivity contribution is 5.90. The second kappa shape index (κ2) is 9.70. The molecule has 3 rings (SSSR count). The standard InChI is InChI=1S/C20H19N3O6/c1-26-20-17(29-19(25)14-10-6-3-7-11-14)16(15(12-27-20)22-23-21)28-18(24)13-8-4-2-5-9-13/h2-11,15-17,20H,12H2,1H3/t15-,16-,17-,20-/m1/s1. The molecule has 0 bridgehead atoms. The molecule has 1 aliphatic heterocycles. The summed E-state index contributed by atoms with van der Waals surface area (Å²) in [5.74, 6) is -1.30. The molecule has 150 valence electrons. The Hall–Kier alpha value is -3.39. The van der Waals surface area contributed by atoms with Gasteiger partial charge in [-0.25, -0.2) is 9.59 Å². The third-order valence-electron chi connectivity index (χ3n) is 4.34. The Kier molecular flexibility index (Phi) is 6.80. The molecule has 2 aromatic carbocycles. The molecule has 4 atom stereocenters.